The lowest BCUT2D eigenvalue weighted by atomic mass is 10.2. The molecule has 2 unspecified atom stereocenters. The van der Waals surface area contributed by atoms with E-state index in [2.05, 4.69) is 5.32 Å². The topological polar surface area (TPSA) is 75.6 Å². The van der Waals surface area contributed by atoms with Crippen LogP contribution in [-0.2, 0) is 9.30 Å². The second-order valence-electron chi connectivity index (χ2n) is 4.60. The van der Waals surface area contributed by atoms with Gasteiger partial charge >= 0.3 is 14.1 Å². The van der Waals surface area contributed by atoms with Crippen molar-refractivity contribution in [2.24, 2.45) is 0 Å². The Morgan fingerprint density at radius 3 is 2.53 bits per heavy atom. The fourth-order valence-electron chi connectivity index (χ4n) is 1.07. The number of alkyl carbamates (subject to hydrolysis) is 1. The van der Waals surface area contributed by atoms with E-state index in [4.69, 9.17) is 9.63 Å². The van der Waals surface area contributed by atoms with Gasteiger partial charge in [0.25, 0.3) is 0 Å². The van der Waals surface area contributed by atoms with Gasteiger partial charge in [-0.3, -0.25) is 0 Å². The number of thioether (sulfide) groups is 1. The minimum absolute atomic E-state index is 0.133. The summed E-state index contributed by atoms with van der Waals surface area (Å²) in [5.41, 5.74) is -0.507. The zero-order valence-corrected chi connectivity index (χ0v) is 12.4. The molecule has 0 aliphatic heterocycles. The molecule has 0 saturated carbocycles. The number of hydrogen-bond donors (Lipinski definition) is 2. The molecule has 0 fully saturated rings. The summed E-state index contributed by atoms with van der Waals surface area (Å²) in [4.78, 5) is 20.1. The van der Waals surface area contributed by atoms with Gasteiger partial charge in [-0.05, 0) is 31.6 Å². The molecule has 2 atom stereocenters. The van der Waals surface area contributed by atoms with Crippen LogP contribution >= 0.6 is 19.8 Å². The fourth-order valence-corrected chi connectivity index (χ4v) is 2.38. The largest absolute Gasteiger partial charge is 0.505 e. The van der Waals surface area contributed by atoms with Crippen LogP contribution in [0.1, 0.15) is 27.2 Å². The third-order valence-electron chi connectivity index (χ3n) is 1.85. The van der Waals surface area contributed by atoms with E-state index >= 15 is 0 Å². The van der Waals surface area contributed by atoms with Crippen LogP contribution in [0, 0.1) is 0 Å². The molecule has 0 aromatic rings. The summed E-state index contributed by atoms with van der Waals surface area (Å²) in [6.45, 7) is 5.85. The van der Waals surface area contributed by atoms with Gasteiger partial charge < -0.3 is 10.1 Å². The minimum Gasteiger partial charge on any atom is -0.444 e. The SMILES string of the molecule is CSC(CC[P+](=O)O)CNC(=O)OC(C)(C)C. The lowest BCUT2D eigenvalue weighted by Gasteiger charge is -2.20. The number of hydrogen-bond acceptors (Lipinski definition) is 4. The van der Waals surface area contributed by atoms with Crippen molar-refractivity contribution >= 4 is 25.9 Å². The average Bonchev–Trinajstić information content (AvgIpc) is 2.14. The molecule has 0 radical (unpaired) electrons. The summed E-state index contributed by atoms with van der Waals surface area (Å²) < 4.78 is 15.7. The smallest absolute Gasteiger partial charge is 0.444 e. The molecule has 0 aliphatic rings. The van der Waals surface area contributed by atoms with E-state index in [9.17, 15) is 9.36 Å². The Morgan fingerprint density at radius 1 is 1.53 bits per heavy atom. The molecule has 0 saturated heterocycles. The van der Waals surface area contributed by atoms with Gasteiger partial charge in [0, 0.05) is 18.2 Å². The van der Waals surface area contributed by atoms with E-state index in [1.54, 1.807) is 32.5 Å². The maximum absolute atomic E-state index is 11.4. The van der Waals surface area contributed by atoms with E-state index in [0.29, 0.717) is 13.0 Å². The van der Waals surface area contributed by atoms with Crippen LogP contribution in [0.25, 0.3) is 0 Å². The van der Waals surface area contributed by atoms with E-state index in [1.807, 2.05) is 6.26 Å². The summed E-state index contributed by atoms with van der Waals surface area (Å²) in [6.07, 6.45) is 2.32. The normalized spacial score (nSPS) is 14.1. The Morgan fingerprint density at radius 2 is 2.12 bits per heavy atom. The molecule has 17 heavy (non-hydrogen) atoms. The average molecular weight is 282 g/mol. The van der Waals surface area contributed by atoms with Crippen LogP contribution < -0.4 is 5.32 Å². The van der Waals surface area contributed by atoms with Gasteiger partial charge in [-0.2, -0.15) is 16.7 Å². The van der Waals surface area contributed by atoms with Gasteiger partial charge in [0.05, 0.1) is 0 Å². The van der Waals surface area contributed by atoms with Crippen molar-refractivity contribution in [2.75, 3.05) is 19.0 Å². The molecule has 7 heteroatoms. The van der Waals surface area contributed by atoms with Crippen molar-refractivity contribution in [3.8, 4) is 0 Å². The summed E-state index contributed by atoms with van der Waals surface area (Å²) in [7, 11) is -2.09. The highest BCUT2D eigenvalue weighted by molar-refractivity contribution is 7.99. The van der Waals surface area contributed by atoms with Crippen molar-refractivity contribution in [3.63, 3.8) is 0 Å². The first-order chi connectivity index (χ1) is 7.74. The molecule has 0 bridgehead atoms. The summed E-state index contributed by atoms with van der Waals surface area (Å²) in [6, 6.07) is 0. The van der Waals surface area contributed by atoms with Crippen LogP contribution in [0.15, 0.2) is 0 Å². The van der Waals surface area contributed by atoms with E-state index in [-0.39, 0.29) is 11.4 Å². The fraction of sp³-hybridized carbons (Fsp3) is 0.900. The molecule has 0 spiro atoms. The lowest BCUT2D eigenvalue weighted by Crippen LogP contribution is -2.36. The Hall–Kier alpha value is -0.320. The Labute approximate surface area is 108 Å². The number of carbonyl (C=O) groups excluding carboxylic acids is 1. The highest BCUT2D eigenvalue weighted by Crippen LogP contribution is 2.20. The summed E-state index contributed by atoms with van der Waals surface area (Å²) >= 11 is 1.56. The molecule has 2 N–H and O–H groups in total. The van der Waals surface area contributed by atoms with Gasteiger partial charge in [-0.1, -0.05) is 0 Å². The van der Waals surface area contributed by atoms with Gasteiger partial charge in [0.1, 0.15) is 5.60 Å². The van der Waals surface area contributed by atoms with Gasteiger partial charge in [-0.15, -0.1) is 0 Å². The molecule has 5 nitrogen and oxygen atoms in total. The van der Waals surface area contributed by atoms with Crippen molar-refractivity contribution in [1.29, 1.82) is 0 Å². The zero-order valence-electron chi connectivity index (χ0n) is 10.7. The predicted molar refractivity (Wildman–Crippen MR) is 70.8 cm³/mol. The molecule has 100 valence electrons. The number of ether oxygens (including phenoxy) is 1. The Kier molecular flexibility index (Phi) is 7.75. The van der Waals surface area contributed by atoms with E-state index < -0.39 is 19.7 Å². The minimum atomic E-state index is -2.09. The van der Waals surface area contributed by atoms with Crippen molar-refractivity contribution < 1.29 is 19.0 Å². The Bertz CT molecular complexity index is 268. The lowest BCUT2D eigenvalue weighted by molar-refractivity contribution is 0.0528. The standard InChI is InChI=1S/C10H20NO4PS/c1-10(2,3)15-9(12)11-7-8(17-4)5-6-16(13)14/h8H,5-7H2,1-4H3,(H-,11,12,13,14)/p+1. The number of nitrogens with one attached hydrogen (secondary N) is 1. The quantitative estimate of drug-likeness (QED) is 0.731. The Balaban J connectivity index is 3.90. The van der Waals surface area contributed by atoms with Gasteiger partial charge in [0.2, 0.25) is 0 Å². The number of carbonyl (C=O) groups is 1. The van der Waals surface area contributed by atoms with Gasteiger partial charge in [-0.25, -0.2) is 4.79 Å². The highest BCUT2D eigenvalue weighted by atomic mass is 32.2. The van der Waals surface area contributed by atoms with Crippen LogP contribution in [0.5, 0.6) is 0 Å². The first kappa shape index (κ1) is 16.7. The van der Waals surface area contributed by atoms with E-state index in [1.165, 1.54) is 0 Å². The van der Waals surface area contributed by atoms with E-state index in [0.717, 1.165) is 0 Å². The maximum atomic E-state index is 11.4. The van der Waals surface area contributed by atoms with Gasteiger partial charge in [0.15, 0.2) is 6.16 Å². The van der Waals surface area contributed by atoms with Crippen LogP contribution in [-0.4, -0.2) is 40.8 Å². The van der Waals surface area contributed by atoms with Crippen molar-refractivity contribution in [3.05, 3.63) is 0 Å². The first-order valence-corrected chi connectivity index (χ1v) is 8.06. The third-order valence-corrected chi connectivity index (χ3v) is 3.56. The molecular formula is C10H21NO4PS+. The molecular weight excluding hydrogens is 261 g/mol. The monoisotopic (exact) mass is 282 g/mol. The molecule has 0 aromatic heterocycles. The predicted octanol–water partition coefficient (Wildman–Crippen LogP) is 2.37. The second-order valence-corrected chi connectivity index (χ2v) is 6.89. The summed E-state index contributed by atoms with van der Waals surface area (Å²) in [5, 5.41) is 2.79. The molecule has 0 rings (SSSR count). The van der Waals surface area contributed by atoms with Crippen molar-refractivity contribution in [1.82, 2.24) is 5.32 Å². The molecule has 0 aromatic carbocycles. The van der Waals surface area contributed by atoms with Crippen LogP contribution in [0.2, 0.25) is 0 Å². The van der Waals surface area contributed by atoms with Crippen LogP contribution in [0.4, 0.5) is 4.79 Å². The third kappa shape index (κ3) is 10.5. The number of rotatable bonds is 6. The van der Waals surface area contributed by atoms with Crippen molar-refractivity contribution in [2.45, 2.75) is 38.0 Å². The molecule has 1 amide bonds. The highest BCUT2D eigenvalue weighted by Gasteiger charge is 2.19. The second kappa shape index (κ2) is 7.90. The van der Waals surface area contributed by atoms with Crippen LogP contribution in [0.3, 0.4) is 0 Å². The zero-order chi connectivity index (χ0) is 13.5. The first-order valence-electron chi connectivity index (χ1n) is 5.38. The number of amides is 1. The molecule has 0 heterocycles. The molecule has 0 aliphatic carbocycles. The maximum Gasteiger partial charge on any atom is 0.505 e. The summed E-state index contributed by atoms with van der Waals surface area (Å²) in [5.74, 6) is 0.